The maximum atomic E-state index is 13.0. The molecule has 0 spiro atoms. The number of carboxylic acid groups (broad SMARTS) is 1. The molecule has 0 saturated carbocycles. The third kappa shape index (κ3) is 11.1. The molecule has 0 fully saturated rings. The summed E-state index contributed by atoms with van der Waals surface area (Å²) in [6.07, 6.45) is 15.7. The molecule has 0 aliphatic heterocycles. The van der Waals surface area contributed by atoms with Gasteiger partial charge in [0.25, 0.3) is 0 Å². The van der Waals surface area contributed by atoms with Crippen molar-refractivity contribution in [2.75, 3.05) is 0 Å². The number of benzene rings is 2. The number of ether oxygens (including phenoxy) is 1. The van der Waals surface area contributed by atoms with Gasteiger partial charge in [0.15, 0.2) is 5.92 Å². The van der Waals surface area contributed by atoms with Crippen LogP contribution < -0.4 is 4.74 Å². The molecule has 1 N–H and O–H groups in total. The summed E-state index contributed by atoms with van der Waals surface area (Å²) in [5.74, 6) is -3.09. The van der Waals surface area contributed by atoms with Gasteiger partial charge in [0.05, 0.1) is 24.0 Å². The Hall–Kier alpha value is -0.310. The Morgan fingerprint density at radius 2 is 1.27 bits per heavy atom. The predicted molar refractivity (Wildman–Crippen MR) is 177 cm³/mol. The van der Waals surface area contributed by atoms with Gasteiger partial charge in [0.1, 0.15) is 5.75 Å². The summed E-state index contributed by atoms with van der Waals surface area (Å²) < 4.78 is 7.27. The van der Waals surface area contributed by atoms with Crippen LogP contribution in [0.4, 0.5) is 0 Å². The SMILES string of the molecule is CCCCCCCCCCCCCCCC(C(=O)O)C(=O)Oc1cc(-c2ccc(Cl)c(Cl)c2Cl)c(Br)c(Br)c1Br. The van der Waals surface area contributed by atoms with Crippen LogP contribution in [0.2, 0.25) is 15.1 Å². The minimum Gasteiger partial charge on any atom is -0.481 e. The van der Waals surface area contributed by atoms with E-state index in [1.165, 1.54) is 57.8 Å². The van der Waals surface area contributed by atoms with Gasteiger partial charge >= 0.3 is 11.9 Å². The van der Waals surface area contributed by atoms with Crippen LogP contribution in [0.15, 0.2) is 31.6 Å². The molecule has 222 valence electrons. The molecule has 2 aromatic rings. The number of aliphatic carboxylic acids is 1. The molecule has 0 radical (unpaired) electrons. The van der Waals surface area contributed by atoms with E-state index in [4.69, 9.17) is 39.5 Å². The Morgan fingerprint density at radius 1 is 0.750 bits per heavy atom. The maximum absolute atomic E-state index is 13.0. The van der Waals surface area contributed by atoms with E-state index in [9.17, 15) is 14.7 Å². The first-order chi connectivity index (χ1) is 19.1. The summed E-state index contributed by atoms with van der Waals surface area (Å²) in [5, 5.41) is 10.5. The number of hydrogen-bond acceptors (Lipinski definition) is 3. The third-order valence-electron chi connectivity index (χ3n) is 6.83. The molecule has 10 heteroatoms. The van der Waals surface area contributed by atoms with Crippen LogP contribution in [0.1, 0.15) is 96.8 Å². The van der Waals surface area contributed by atoms with Crippen LogP contribution in [0.3, 0.4) is 0 Å². The fourth-order valence-corrected chi connectivity index (χ4v) is 6.70. The lowest BCUT2D eigenvalue weighted by Gasteiger charge is -2.17. The Morgan fingerprint density at radius 3 is 1.80 bits per heavy atom. The van der Waals surface area contributed by atoms with Gasteiger partial charge in [-0.15, -0.1) is 0 Å². The molecule has 1 unspecified atom stereocenters. The topological polar surface area (TPSA) is 63.6 Å². The van der Waals surface area contributed by atoms with Crippen LogP contribution >= 0.6 is 82.6 Å². The lowest BCUT2D eigenvalue weighted by Crippen LogP contribution is -2.28. The maximum Gasteiger partial charge on any atom is 0.325 e. The normalized spacial score (nSPS) is 12.0. The molecule has 40 heavy (non-hydrogen) atoms. The number of carbonyl (C=O) groups is 2. The molecule has 0 aliphatic carbocycles. The zero-order valence-electron chi connectivity index (χ0n) is 22.6. The average Bonchev–Trinajstić information content (AvgIpc) is 2.92. The van der Waals surface area contributed by atoms with Crippen molar-refractivity contribution >= 4 is 94.5 Å². The van der Waals surface area contributed by atoms with Crippen LogP contribution in [-0.2, 0) is 9.59 Å². The Kier molecular flexibility index (Phi) is 17.1. The average molecular weight is 807 g/mol. The molecule has 0 aliphatic rings. The summed E-state index contributed by atoms with van der Waals surface area (Å²) in [5.41, 5.74) is 1.15. The number of hydrogen-bond donors (Lipinski definition) is 1. The second-order valence-electron chi connectivity index (χ2n) is 9.93. The number of carbonyl (C=O) groups excluding carboxylic acids is 1. The van der Waals surface area contributed by atoms with Gasteiger partial charge in [-0.05, 0) is 66.3 Å². The summed E-state index contributed by atoms with van der Waals surface area (Å²) in [7, 11) is 0. The van der Waals surface area contributed by atoms with E-state index in [0.717, 1.165) is 19.3 Å². The molecule has 0 bridgehead atoms. The van der Waals surface area contributed by atoms with E-state index in [2.05, 4.69) is 54.7 Å². The molecule has 1 atom stereocenters. The Bertz CT molecular complexity index is 1140. The van der Waals surface area contributed by atoms with Gasteiger partial charge in [-0.25, -0.2) is 0 Å². The zero-order valence-corrected chi connectivity index (χ0v) is 29.7. The van der Waals surface area contributed by atoms with Gasteiger partial charge < -0.3 is 9.84 Å². The fraction of sp³-hybridized carbons (Fsp3) is 0.533. The van der Waals surface area contributed by atoms with E-state index in [1.54, 1.807) is 18.2 Å². The van der Waals surface area contributed by atoms with Gasteiger partial charge in [-0.1, -0.05) is 131 Å². The highest BCUT2D eigenvalue weighted by molar-refractivity contribution is 9.14. The molecule has 0 saturated heterocycles. The van der Waals surface area contributed by atoms with Crippen LogP contribution in [-0.4, -0.2) is 17.0 Å². The standard InChI is InChI=1S/C30H36Br3Cl3O4/c1-2-3-4-5-6-7-8-9-10-11-12-13-14-15-20(29(37)38)30(39)40-23-18-21(24(31)26(33)25(23)32)19-16-17-22(34)28(36)27(19)35/h16-18,20H,2-15H2,1H3,(H,37,38). The molecule has 0 heterocycles. The zero-order chi connectivity index (χ0) is 29.7. The van der Waals surface area contributed by atoms with Gasteiger partial charge in [-0.2, -0.15) is 0 Å². The second kappa shape index (κ2) is 19.1. The first-order valence-electron chi connectivity index (χ1n) is 13.9. The van der Waals surface area contributed by atoms with E-state index in [-0.39, 0.29) is 22.2 Å². The quantitative estimate of drug-likeness (QED) is 0.0536. The smallest absolute Gasteiger partial charge is 0.325 e. The van der Waals surface area contributed by atoms with Crippen molar-refractivity contribution < 1.29 is 19.4 Å². The molecule has 2 rings (SSSR count). The van der Waals surface area contributed by atoms with Crippen LogP contribution in [0.5, 0.6) is 5.75 Å². The first kappa shape index (κ1) is 35.9. The molecule has 4 nitrogen and oxygen atoms in total. The lowest BCUT2D eigenvalue weighted by atomic mass is 9.99. The number of esters is 1. The first-order valence-corrected chi connectivity index (χ1v) is 17.4. The van der Waals surface area contributed by atoms with Crippen molar-refractivity contribution in [1.29, 1.82) is 0 Å². The van der Waals surface area contributed by atoms with Crippen molar-refractivity contribution in [3.05, 3.63) is 46.7 Å². The fourth-order valence-electron chi connectivity index (χ4n) is 4.47. The minimum atomic E-state index is -1.25. The number of unbranched alkanes of at least 4 members (excludes halogenated alkanes) is 12. The summed E-state index contributed by atoms with van der Waals surface area (Å²) in [6.45, 7) is 2.24. The Labute approximate surface area is 278 Å². The van der Waals surface area contributed by atoms with Crippen molar-refractivity contribution in [2.45, 2.75) is 96.8 Å². The third-order valence-corrected chi connectivity index (χ3v) is 11.6. The largest absolute Gasteiger partial charge is 0.481 e. The lowest BCUT2D eigenvalue weighted by molar-refractivity contribution is -0.153. The highest BCUT2D eigenvalue weighted by Crippen LogP contribution is 2.47. The summed E-state index contributed by atoms with van der Waals surface area (Å²) >= 11 is 29.2. The number of carboxylic acids is 1. The number of halogens is 6. The molecule has 2 aromatic carbocycles. The van der Waals surface area contributed by atoms with Crippen molar-refractivity contribution in [1.82, 2.24) is 0 Å². The van der Waals surface area contributed by atoms with E-state index in [0.29, 0.717) is 36.0 Å². The molecule has 0 amide bonds. The van der Waals surface area contributed by atoms with Crippen molar-refractivity contribution in [3.63, 3.8) is 0 Å². The van der Waals surface area contributed by atoms with Crippen LogP contribution in [0, 0.1) is 5.92 Å². The number of rotatable bonds is 18. The highest BCUT2D eigenvalue weighted by Gasteiger charge is 2.29. The van der Waals surface area contributed by atoms with Crippen molar-refractivity contribution in [3.8, 4) is 16.9 Å². The van der Waals surface area contributed by atoms with Gasteiger partial charge in [-0.3, -0.25) is 9.59 Å². The highest BCUT2D eigenvalue weighted by atomic mass is 79.9. The summed E-state index contributed by atoms with van der Waals surface area (Å²) in [4.78, 5) is 24.9. The predicted octanol–water partition coefficient (Wildman–Crippen LogP) is 12.7. The van der Waals surface area contributed by atoms with Gasteiger partial charge in [0.2, 0.25) is 0 Å². The van der Waals surface area contributed by atoms with Crippen molar-refractivity contribution in [2.24, 2.45) is 5.92 Å². The second-order valence-corrected chi connectivity index (χ2v) is 13.5. The van der Waals surface area contributed by atoms with E-state index in [1.807, 2.05) is 0 Å². The molecular weight excluding hydrogens is 770 g/mol. The minimum absolute atomic E-state index is 0.161. The molecular formula is C30H36Br3Cl3O4. The van der Waals surface area contributed by atoms with E-state index < -0.39 is 17.9 Å². The van der Waals surface area contributed by atoms with Gasteiger partial charge in [0, 0.05) is 15.6 Å². The molecule has 0 aromatic heterocycles. The van der Waals surface area contributed by atoms with E-state index >= 15 is 0 Å². The Balaban J connectivity index is 1.91. The summed E-state index contributed by atoms with van der Waals surface area (Å²) in [6, 6.07) is 4.93. The van der Waals surface area contributed by atoms with Crippen LogP contribution in [0.25, 0.3) is 11.1 Å². The monoisotopic (exact) mass is 802 g/mol.